The summed E-state index contributed by atoms with van der Waals surface area (Å²) in [5.74, 6) is -3.55. The number of hydrogen-bond acceptors (Lipinski definition) is 8. The van der Waals surface area contributed by atoms with Gasteiger partial charge in [0.15, 0.2) is 0 Å². The van der Waals surface area contributed by atoms with Crippen LogP contribution in [0.4, 0.5) is 0 Å². The third-order valence-electron chi connectivity index (χ3n) is 5.50. The van der Waals surface area contributed by atoms with Crippen molar-refractivity contribution < 1.29 is 29.4 Å². The third-order valence-corrected chi connectivity index (χ3v) is 5.50. The van der Waals surface area contributed by atoms with Gasteiger partial charge in [0, 0.05) is 18.3 Å². The zero-order valence-electron chi connectivity index (χ0n) is 19.6. The van der Waals surface area contributed by atoms with Gasteiger partial charge >= 0.3 is 5.97 Å². The lowest BCUT2D eigenvalue weighted by Gasteiger charge is -2.28. The average molecular weight is 484 g/mol. The summed E-state index contributed by atoms with van der Waals surface area (Å²) in [5.41, 5.74) is 11.6. The maximum absolute atomic E-state index is 13.1. The van der Waals surface area contributed by atoms with Crippen LogP contribution in [0.3, 0.4) is 0 Å². The Morgan fingerprint density at radius 2 is 1.76 bits per heavy atom. The molecule has 0 aromatic carbocycles. The Labute approximate surface area is 198 Å². The number of carboxylic acid groups (broad SMARTS) is 1. The number of nitrogens with zero attached hydrogens (tertiary/aromatic N) is 1. The summed E-state index contributed by atoms with van der Waals surface area (Å²) < 4.78 is 0. The minimum absolute atomic E-state index is 0.0292. The van der Waals surface area contributed by atoms with Crippen LogP contribution in [0.1, 0.15) is 45.2 Å². The highest BCUT2D eigenvalue weighted by atomic mass is 16.4. The number of aliphatic hydroxyl groups is 1. The lowest BCUT2D eigenvalue weighted by molar-refractivity contribution is -0.143. The first-order valence-corrected chi connectivity index (χ1v) is 11.3. The van der Waals surface area contributed by atoms with Crippen molar-refractivity contribution >= 4 is 23.7 Å². The number of rotatable bonds is 16. The number of imidazole rings is 1. The Balaban J connectivity index is 3.01. The largest absolute Gasteiger partial charge is 0.480 e. The fourth-order valence-electron chi connectivity index (χ4n) is 3.15. The van der Waals surface area contributed by atoms with Crippen LogP contribution in [-0.2, 0) is 25.6 Å². The quantitative estimate of drug-likeness (QED) is 0.121. The van der Waals surface area contributed by atoms with Crippen molar-refractivity contribution in [1.82, 2.24) is 25.9 Å². The number of H-pyrrole nitrogens is 1. The van der Waals surface area contributed by atoms with Crippen molar-refractivity contribution in [3.8, 4) is 0 Å². The maximum Gasteiger partial charge on any atom is 0.326 e. The minimum Gasteiger partial charge on any atom is -0.480 e. The molecule has 3 amide bonds. The van der Waals surface area contributed by atoms with E-state index in [1.54, 1.807) is 6.92 Å². The molecule has 0 spiro atoms. The number of unbranched alkanes of at least 4 members (excludes halogenated alkanes) is 1. The minimum atomic E-state index is -1.23. The highest BCUT2D eigenvalue weighted by molar-refractivity contribution is 5.94. The second kappa shape index (κ2) is 15.0. The van der Waals surface area contributed by atoms with Gasteiger partial charge in [0.1, 0.15) is 24.2 Å². The van der Waals surface area contributed by atoms with Gasteiger partial charge in [0.05, 0.1) is 12.9 Å². The standard InChI is InChI=1S/C21H37N7O6/c1-3-12(2)17(20(32)26-15(21(33)34)6-4-5-7-22)28-19(31)16(8-13-9-24-11-25-13)27-18(30)14(23)10-29/h9,11-12,14-17,29H,3-8,10,22-23H2,1-2H3,(H,24,25)(H,26,32)(H,27,30)(H,28,31)(H,33,34). The average Bonchev–Trinajstić information content (AvgIpc) is 3.33. The molecule has 5 atom stereocenters. The van der Waals surface area contributed by atoms with Crippen LogP contribution in [0.2, 0.25) is 0 Å². The number of aliphatic hydroxyl groups excluding tert-OH is 1. The van der Waals surface area contributed by atoms with Gasteiger partial charge in [0.2, 0.25) is 17.7 Å². The second-order valence-corrected chi connectivity index (χ2v) is 8.19. The van der Waals surface area contributed by atoms with E-state index in [4.69, 9.17) is 16.6 Å². The van der Waals surface area contributed by atoms with Crippen molar-refractivity contribution in [2.75, 3.05) is 13.2 Å². The third kappa shape index (κ3) is 9.45. The molecule has 1 heterocycles. The van der Waals surface area contributed by atoms with Crippen molar-refractivity contribution in [3.63, 3.8) is 0 Å². The molecule has 10 N–H and O–H groups in total. The number of carbonyl (C=O) groups excluding carboxylic acids is 3. The van der Waals surface area contributed by atoms with Gasteiger partial charge < -0.3 is 42.6 Å². The van der Waals surface area contributed by atoms with Crippen molar-refractivity contribution in [2.24, 2.45) is 17.4 Å². The number of aliphatic carboxylic acids is 1. The smallest absolute Gasteiger partial charge is 0.326 e. The first kappa shape index (κ1) is 29.0. The van der Waals surface area contributed by atoms with Gasteiger partial charge in [-0.25, -0.2) is 9.78 Å². The molecule has 34 heavy (non-hydrogen) atoms. The van der Waals surface area contributed by atoms with E-state index in [1.165, 1.54) is 12.5 Å². The highest BCUT2D eigenvalue weighted by Gasteiger charge is 2.32. The Bertz CT molecular complexity index is 789. The first-order chi connectivity index (χ1) is 16.1. The van der Waals surface area contributed by atoms with Crippen LogP contribution in [0.25, 0.3) is 0 Å². The van der Waals surface area contributed by atoms with Crippen LogP contribution in [0, 0.1) is 5.92 Å². The van der Waals surface area contributed by atoms with Gasteiger partial charge in [0.25, 0.3) is 0 Å². The summed E-state index contributed by atoms with van der Waals surface area (Å²) >= 11 is 0. The van der Waals surface area contributed by atoms with Gasteiger partial charge in [-0.05, 0) is 31.7 Å². The van der Waals surface area contributed by atoms with Crippen LogP contribution in [-0.4, -0.2) is 81.2 Å². The number of carboxylic acids is 1. The van der Waals surface area contributed by atoms with E-state index in [1.807, 2.05) is 6.92 Å². The monoisotopic (exact) mass is 483 g/mol. The van der Waals surface area contributed by atoms with Gasteiger partial charge in [-0.1, -0.05) is 20.3 Å². The summed E-state index contributed by atoms with van der Waals surface area (Å²) in [7, 11) is 0. The molecule has 0 fully saturated rings. The van der Waals surface area contributed by atoms with Crippen LogP contribution >= 0.6 is 0 Å². The number of aromatic nitrogens is 2. The fraction of sp³-hybridized carbons (Fsp3) is 0.667. The molecule has 13 heteroatoms. The van der Waals surface area contributed by atoms with Crippen molar-refractivity contribution in [3.05, 3.63) is 18.2 Å². The number of carbonyl (C=O) groups is 4. The zero-order valence-corrected chi connectivity index (χ0v) is 19.6. The second-order valence-electron chi connectivity index (χ2n) is 8.19. The molecule has 0 saturated carbocycles. The van der Waals surface area contributed by atoms with Crippen LogP contribution in [0.15, 0.2) is 12.5 Å². The number of aromatic amines is 1. The predicted molar refractivity (Wildman–Crippen MR) is 123 cm³/mol. The highest BCUT2D eigenvalue weighted by Crippen LogP contribution is 2.11. The lowest BCUT2D eigenvalue weighted by atomic mass is 9.96. The van der Waals surface area contributed by atoms with E-state index in [2.05, 4.69) is 25.9 Å². The molecule has 1 rings (SSSR count). The number of hydrogen-bond donors (Lipinski definition) is 8. The fourth-order valence-corrected chi connectivity index (χ4v) is 3.15. The number of amides is 3. The molecule has 192 valence electrons. The molecule has 0 aliphatic heterocycles. The van der Waals surface area contributed by atoms with E-state index < -0.39 is 54.5 Å². The molecule has 0 bridgehead atoms. The summed E-state index contributed by atoms with van der Waals surface area (Å²) in [4.78, 5) is 56.6. The lowest BCUT2D eigenvalue weighted by Crippen LogP contribution is -2.59. The summed E-state index contributed by atoms with van der Waals surface area (Å²) in [6.07, 6.45) is 4.80. The molecule has 0 radical (unpaired) electrons. The molecule has 0 aliphatic carbocycles. The maximum atomic E-state index is 13.1. The number of nitrogens with one attached hydrogen (secondary N) is 4. The number of nitrogens with two attached hydrogens (primary N) is 2. The van der Waals surface area contributed by atoms with Crippen molar-refractivity contribution in [2.45, 2.75) is 70.1 Å². The van der Waals surface area contributed by atoms with Gasteiger partial charge in [-0.15, -0.1) is 0 Å². The van der Waals surface area contributed by atoms with Crippen molar-refractivity contribution in [1.29, 1.82) is 0 Å². The Hall–Kier alpha value is -3.03. The van der Waals surface area contributed by atoms with E-state index in [0.717, 1.165) is 0 Å². The SMILES string of the molecule is CCC(C)C(NC(=O)C(Cc1cnc[nH]1)NC(=O)C(N)CO)C(=O)NC(CCCCN)C(=O)O. The molecule has 0 aliphatic rings. The Kier molecular flexibility index (Phi) is 12.8. The van der Waals surface area contributed by atoms with E-state index >= 15 is 0 Å². The first-order valence-electron chi connectivity index (χ1n) is 11.3. The van der Waals surface area contributed by atoms with Crippen LogP contribution in [0.5, 0.6) is 0 Å². The molecule has 13 nitrogen and oxygen atoms in total. The molecular weight excluding hydrogens is 446 g/mol. The van der Waals surface area contributed by atoms with Crippen LogP contribution < -0.4 is 27.4 Å². The molecular formula is C21H37N7O6. The summed E-state index contributed by atoms with van der Waals surface area (Å²) in [6, 6.07) is -4.51. The summed E-state index contributed by atoms with van der Waals surface area (Å²) in [6.45, 7) is 3.38. The van der Waals surface area contributed by atoms with Gasteiger partial charge in [-0.2, -0.15) is 0 Å². The molecule has 1 aromatic heterocycles. The van der Waals surface area contributed by atoms with E-state index in [0.29, 0.717) is 31.5 Å². The normalized spacial score (nSPS) is 15.4. The Morgan fingerprint density at radius 3 is 2.29 bits per heavy atom. The zero-order chi connectivity index (χ0) is 25.7. The predicted octanol–water partition coefficient (Wildman–Crippen LogP) is -2.01. The topological polar surface area (TPSA) is 226 Å². The van der Waals surface area contributed by atoms with Gasteiger partial charge in [-0.3, -0.25) is 14.4 Å². The summed E-state index contributed by atoms with van der Waals surface area (Å²) in [5, 5.41) is 26.2. The van der Waals surface area contributed by atoms with E-state index in [9.17, 15) is 24.3 Å². The molecule has 1 aromatic rings. The Morgan fingerprint density at radius 1 is 1.09 bits per heavy atom. The molecule has 5 unspecified atom stereocenters. The van der Waals surface area contributed by atoms with E-state index in [-0.39, 0.29) is 18.8 Å². The molecule has 0 saturated heterocycles.